The molecule has 3 amide bonds. The van der Waals surface area contributed by atoms with Crippen molar-refractivity contribution in [1.82, 2.24) is 20.0 Å². The lowest BCUT2D eigenvalue weighted by Gasteiger charge is -2.30. The molecular weight excluding hydrogens is 270 g/mol. The van der Waals surface area contributed by atoms with Gasteiger partial charge < -0.3 is 16.0 Å². The number of primary amides is 1. The van der Waals surface area contributed by atoms with E-state index in [2.05, 4.69) is 17.3 Å². The summed E-state index contributed by atoms with van der Waals surface area (Å²) in [5.74, 6) is -0.361. The summed E-state index contributed by atoms with van der Waals surface area (Å²) in [5.41, 5.74) is 6.27. The highest BCUT2D eigenvalue weighted by Gasteiger charge is 2.25. The summed E-state index contributed by atoms with van der Waals surface area (Å²) in [6, 6.07) is -0.0961. The number of aryl methyl sites for hydroxylation is 1. The number of carbonyl (C=O) groups excluding carboxylic acids is 2. The number of hydrogen-bond acceptors (Lipinski definition) is 3. The van der Waals surface area contributed by atoms with Crippen molar-refractivity contribution in [3.8, 4) is 0 Å². The lowest BCUT2D eigenvalue weighted by molar-refractivity contribution is -0.123. The van der Waals surface area contributed by atoms with Crippen LogP contribution in [0, 0.1) is 5.92 Å². The molecule has 1 aliphatic rings. The molecule has 1 aromatic heterocycles. The van der Waals surface area contributed by atoms with Crippen LogP contribution in [0.5, 0.6) is 0 Å². The number of nitrogens with one attached hydrogen (secondary N) is 1. The lowest BCUT2D eigenvalue weighted by Crippen LogP contribution is -2.46. The van der Waals surface area contributed by atoms with Gasteiger partial charge >= 0.3 is 6.03 Å². The summed E-state index contributed by atoms with van der Waals surface area (Å²) in [6.07, 6.45) is 6.05. The Morgan fingerprint density at radius 3 is 2.76 bits per heavy atom. The van der Waals surface area contributed by atoms with E-state index in [1.54, 1.807) is 11.1 Å². The molecule has 1 fully saturated rings. The van der Waals surface area contributed by atoms with Crippen LogP contribution in [0.4, 0.5) is 4.79 Å². The van der Waals surface area contributed by atoms with Gasteiger partial charge in [-0.15, -0.1) is 0 Å². The minimum Gasteiger partial charge on any atom is -0.369 e. The molecule has 3 N–H and O–H groups in total. The van der Waals surface area contributed by atoms with E-state index in [4.69, 9.17) is 5.73 Å². The van der Waals surface area contributed by atoms with E-state index in [1.807, 2.05) is 10.9 Å². The van der Waals surface area contributed by atoms with Gasteiger partial charge in [0.2, 0.25) is 5.91 Å². The summed E-state index contributed by atoms with van der Waals surface area (Å²) in [4.78, 5) is 24.9. The van der Waals surface area contributed by atoms with Crippen molar-refractivity contribution in [2.45, 2.75) is 39.3 Å². The van der Waals surface area contributed by atoms with Gasteiger partial charge in [-0.2, -0.15) is 5.10 Å². The third-order valence-electron chi connectivity index (χ3n) is 3.77. The number of urea groups is 1. The molecule has 1 saturated heterocycles. The van der Waals surface area contributed by atoms with E-state index in [0.717, 1.165) is 18.5 Å². The van der Waals surface area contributed by atoms with Crippen molar-refractivity contribution >= 4 is 11.9 Å². The van der Waals surface area contributed by atoms with Gasteiger partial charge in [-0.05, 0) is 19.3 Å². The predicted octanol–water partition coefficient (Wildman–Crippen LogP) is 0.700. The van der Waals surface area contributed by atoms with E-state index in [1.165, 1.54) is 0 Å². The molecule has 7 heteroatoms. The van der Waals surface area contributed by atoms with Crippen LogP contribution in [0.3, 0.4) is 0 Å². The fourth-order valence-corrected chi connectivity index (χ4v) is 2.51. The van der Waals surface area contributed by atoms with Crippen molar-refractivity contribution in [3.63, 3.8) is 0 Å². The molecule has 0 aromatic carbocycles. The van der Waals surface area contributed by atoms with Crippen LogP contribution in [0.15, 0.2) is 12.4 Å². The van der Waals surface area contributed by atoms with Gasteiger partial charge in [0.05, 0.1) is 6.20 Å². The van der Waals surface area contributed by atoms with Gasteiger partial charge in [-0.3, -0.25) is 9.48 Å². The normalized spacial score (nSPS) is 16.0. The Kier molecular flexibility index (Phi) is 5.19. The van der Waals surface area contributed by atoms with Gasteiger partial charge in [-0.1, -0.05) is 6.92 Å². The van der Waals surface area contributed by atoms with E-state index < -0.39 is 0 Å². The molecule has 0 saturated carbocycles. The average Bonchev–Trinajstić information content (AvgIpc) is 2.93. The Bertz CT molecular complexity index is 491. The Balaban J connectivity index is 1.75. The smallest absolute Gasteiger partial charge is 0.317 e. The number of amides is 3. The first kappa shape index (κ1) is 15.3. The number of nitrogens with zero attached hydrogens (tertiary/aromatic N) is 3. The topological polar surface area (TPSA) is 93.3 Å². The van der Waals surface area contributed by atoms with E-state index >= 15 is 0 Å². The zero-order chi connectivity index (χ0) is 15.2. The quantitative estimate of drug-likeness (QED) is 0.837. The van der Waals surface area contributed by atoms with E-state index in [9.17, 15) is 9.59 Å². The molecule has 0 spiro atoms. The summed E-state index contributed by atoms with van der Waals surface area (Å²) < 4.78 is 1.87. The van der Waals surface area contributed by atoms with Crippen LogP contribution in [0.25, 0.3) is 0 Å². The van der Waals surface area contributed by atoms with Crippen LogP contribution in [0.1, 0.15) is 31.7 Å². The molecule has 1 aromatic rings. The maximum absolute atomic E-state index is 12.1. The molecule has 0 aliphatic carbocycles. The fraction of sp³-hybridized carbons (Fsp3) is 0.643. The molecule has 0 radical (unpaired) electrons. The Labute approximate surface area is 124 Å². The number of likely N-dealkylation sites (tertiary alicyclic amines) is 1. The highest BCUT2D eigenvalue weighted by molar-refractivity contribution is 5.78. The van der Waals surface area contributed by atoms with E-state index in [0.29, 0.717) is 32.5 Å². The molecule has 2 rings (SSSR count). The largest absolute Gasteiger partial charge is 0.369 e. The van der Waals surface area contributed by atoms with Gasteiger partial charge in [-0.25, -0.2) is 4.79 Å². The van der Waals surface area contributed by atoms with Gasteiger partial charge in [0.25, 0.3) is 0 Å². The minimum atomic E-state index is -0.265. The summed E-state index contributed by atoms with van der Waals surface area (Å²) in [7, 11) is 0. The average molecular weight is 293 g/mol. The van der Waals surface area contributed by atoms with Crippen molar-refractivity contribution in [1.29, 1.82) is 0 Å². The maximum atomic E-state index is 12.1. The van der Waals surface area contributed by atoms with Crippen LogP contribution < -0.4 is 11.1 Å². The number of piperidine rings is 1. The molecule has 0 unspecified atom stereocenters. The molecule has 116 valence electrons. The van der Waals surface area contributed by atoms with Crippen LogP contribution in [0.2, 0.25) is 0 Å². The SMILES string of the molecule is CCCn1cc(CNC(=O)N2CCC(C(N)=O)CC2)cn1. The number of nitrogens with two attached hydrogens (primary N) is 1. The third-order valence-corrected chi connectivity index (χ3v) is 3.77. The van der Waals surface area contributed by atoms with Gasteiger partial charge in [0.1, 0.15) is 0 Å². The zero-order valence-electron chi connectivity index (χ0n) is 12.4. The third kappa shape index (κ3) is 4.21. The highest BCUT2D eigenvalue weighted by Crippen LogP contribution is 2.16. The molecule has 0 bridgehead atoms. The van der Waals surface area contributed by atoms with Crippen LogP contribution in [-0.4, -0.2) is 39.7 Å². The highest BCUT2D eigenvalue weighted by atomic mass is 16.2. The first-order chi connectivity index (χ1) is 10.1. The first-order valence-electron chi connectivity index (χ1n) is 7.43. The second-order valence-electron chi connectivity index (χ2n) is 5.43. The Hall–Kier alpha value is -2.05. The molecular formula is C14H23N5O2. The fourth-order valence-electron chi connectivity index (χ4n) is 2.51. The summed E-state index contributed by atoms with van der Waals surface area (Å²) in [6.45, 7) is 4.61. The molecule has 7 nitrogen and oxygen atoms in total. The minimum absolute atomic E-state index is 0.0960. The van der Waals surface area contributed by atoms with Crippen molar-refractivity contribution in [2.24, 2.45) is 11.7 Å². The first-order valence-corrected chi connectivity index (χ1v) is 7.43. The monoisotopic (exact) mass is 293 g/mol. The summed E-state index contributed by atoms with van der Waals surface area (Å²) >= 11 is 0. The van der Waals surface area contributed by atoms with E-state index in [-0.39, 0.29) is 17.9 Å². The molecule has 2 heterocycles. The second kappa shape index (κ2) is 7.10. The Morgan fingerprint density at radius 2 is 2.14 bits per heavy atom. The summed E-state index contributed by atoms with van der Waals surface area (Å²) in [5, 5.41) is 7.11. The number of hydrogen-bond donors (Lipinski definition) is 2. The predicted molar refractivity (Wildman–Crippen MR) is 78.2 cm³/mol. The number of rotatable bonds is 5. The van der Waals surface area contributed by atoms with Crippen molar-refractivity contribution in [2.75, 3.05) is 13.1 Å². The van der Waals surface area contributed by atoms with Crippen LogP contribution >= 0.6 is 0 Å². The second-order valence-corrected chi connectivity index (χ2v) is 5.43. The van der Waals surface area contributed by atoms with Crippen molar-refractivity contribution in [3.05, 3.63) is 18.0 Å². The Morgan fingerprint density at radius 1 is 1.43 bits per heavy atom. The van der Waals surface area contributed by atoms with Gasteiger partial charge in [0, 0.05) is 43.9 Å². The number of carbonyl (C=O) groups is 2. The maximum Gasteiger partial charge on any atom is 0.317 e. The standard InChI is InChI=1S/C14H23N5O2/c1-2-5-19-10-11(9-17-19)8-16-14(21)18-6-3-12(4-7-18)13(15)20/h9-10,12H,2-8H2,1H3,(H2,15,20)(H,16,21). The number of aromatic nitrogens is 2. The zero-order valence-corrected chi connectivity index (χ0v) is 12.4. The molecule has 21 heavy (non-hydrogen) atoms. The van der Waals surface area contributed by atoms with Crippen LogP contribution in [-0.2, 0) is 17.9 Å². The van der Waals surface area contributed by atoms with Crippen molar-refractivity contribution < 1.29 is 9.59 Å². The van der Waals surface area contributed by atoms with Gasteiger partial charge in [0.15, 0.2) is 0 Å². The molecule has 1 aliphatic heterocycles. The molecule has 0 atom stereocenters. The lowest BCUT2D eigenvalue weighted by atomic mass is 9.96.